The van der Waals surface area contributed by atoms with Crippen molar-refractivity contribution in [1.82, 2.24) is 10.2 Å². The van der Waals surface area contributed by atoms with E-state index in [9.17, 15) is 22.9 Å². The highest BCUT2D eigenvalue weighted by Gasteiger charge is 2.22. The maximum Gasteiger partial charge on any atom is 0.304 e. The van der Waals surface area contributed by atoms with Crippen LogP contribution >= 0.6 is 0 Å². The van der Waals surface area contributed by atoms with E-state index in [2.05, 4.69) is 14.9 Å². The lowest BCUT2D eigenvalue weighted by molar-refractivity contribution is -0.387. The molecule has 0 aliphatic heterocycles. The number of nitro groups is 1. The molecule has 0 aliphatic carbocycles. The number of nitrogens with zero attached hydrogens (tertiary/aromatic N) is 2. The van der Waals surface area contributed by atoms with Crippen LogP contribution in [-0.2, 0) is 10.0 Å². The Morgan fingerprint density at radius 1 is 1.38 bits per heavy atom. The Hall–Kier alpha value is -2.49. The summed E-state index contributed by atoms with van der Waals surface area (Å²) >= 11 is 0. The second-order valence-electron chi connectivity index (χ2n) is 4.30. The van der Waals surface area contributed by atoms with Gasteiger partial charge in [-0.25, -0.2) is 8.42 Å². The molecule has 0 saturated carbocycles. The predicted molar refractivity (Wildman–Crippen MR) is 71.9 cm³/mol. The minimum Gasteiger partial charge on any atom is -0.280 e. The molecular weight excluding hydrogens is 303 g/mol. The average Bonchev–Trinajstić information content (AvgIpc) is 2.69. The number of rotatable bonds is 4. The van der Waals surface area contributed by atoms with Gasteiger partial charge in [-0.1, -0.05) is 0 Å². The maximum absolute atomic E-state index is 13.5. The lowest BCUT2D eigenvalue weighted by Crippen LogP contribution is -2.14. The monoisotopic (exact) mass is 314 g/mol. The van der Waals surface area contributed by atoms with Gasteiger partial charge in [-0.05, 0) is 19.9 Å². The molecular formula is C11H11FN4O4S. The summed E-state index contributed by atoms with van der Waals surface area (Å²) in [4.78, 5) is 9.15. The van der Waals surface area contributed by atoms with Gasteiger partial charge in [-0.2, -0.15) is 9.49 Å². The molecule has 2 rings (SSSR count). The van der Waals surface area contributed by atoms with E-state index in [0.29, 0.717) is 17.3 Å². The van der Waals surface area contributed by atoms with Gasteiger partial charge in [0.15, 0.2) is 5.82 Å². The summed E-state index contributed by atoms with van der Waals surface area (Å²) in [6, 6.07) is 2.35. The van der Waals surface area contributed by atoms with Crippen molar-refractivity contribution in [1.29, 1.82) is 0 Å². The number of sulfonamides is 1. The number of hydrogen-bond acceptors (Lipinski definition) is 5. The quantitative estimate of drug-likeness (QED) is 0.659. The number of anilines is 1. The Labute approximate surface area is 119 Å². The molecule has 0 saturated heterocycles. The minimum atomic E-state index is -4.08. The Morgan fingerprint density at radius 3 is 2.52 bits per heavy atom. The SMILES string of the molecule is Cc1[nH]nc(NS(=O)(=O)c2ccc([N+](=O)[O-])c(F)c2)c1C. The summed E-state index contributed by atoms with van der Waals surface area (Å²) in [5, 5.41) is 16.9. The Bertz CT molecular complexity index is 816. The van der Waals surface area contributed by atoms with Gasteiger partial charge in [0.05, 0.1) is 9.82 Å². The lowest BCUT2D eigenvalue weighted by atomic mass is 10.3. The third kappa shape index (κ3) is 2.84. The first-order valence-corrected chi connectivity index (χ1v) is 7.19. The van der Waals surface area contributed by atoms with Crippen molar-refractivity contribution in [2.75, 3.05) is 4.72 Å². The van der Waals surface area contributed by atoms with Crippen molar-refractivity contribution in [2.24, 2.45) is 0 Å². The summed E-state index contributed by atoms with van der Waals surface area (Å²) in [7, 11) is -4.08. The fourth-order valence-electron chi connectivity index (χ4n) is 1.57. The van der Waals surface area contributed by atoms with Crippen molar-refractivity contribution in [3.63, 3.8) is 0 Å². The second kappa shape index (κ2) is 5.13. The normalized spacial score (nSPS) is 11.4. The third-order valence-corrected chi connectivity index (χ3v) is 4.25. The van der Waals surface area contributed by atoms with Gasteiger partial charge in [0, 0.05) is 23.4 Å². The fraction of sp³-hybridized carbons (Fsp3) is 0.182. The minimum absolute atomic E-state index is 0.0891. The molecule has 0 bridgehead atoms. The van der Waals surface area contributed by atoms with E-state index in [1.165, 1.54) is 0 Å². The number of aromatic amines is 1. The fourth-order valence-corrected chi connectivity index (χ4v) is 2.65. The van der Waals surface area contributed by atoms with Crippen LogP contribution in [0.25, 0.3) is 0 Å². The molecule has 112 valence electrons. The van der Waals surface area contributed by atoms with E-state index in [-0.39, 0.29) is 5.82 Å². The van der Waals surface area contributed by atoms with Crippen LogP contribution in [0.3, 0.4) is 0 Å². The zero-order valence-electron chi connectivity index (χ0n) is 11.0. The standard InChI is InChI=1S/C11H11FN4O4S/c1-6-7(2)13-14-11(6)15-21(19,20)8-3-4-10(16(17)18)9(12)5-8/h3-5H,1-2H3,(H2,13,14,15). The van der Waals surface area contributed by atoms with Gasteiger partial charge in [-0.3, -0.25) is 19.9 Å². The molecule has 0 unspecified atom stereocenters. The number of aryl methyl sites for hydroxylation is 1. The molecule has 1 aromatic heterocycles. The van der Waals surface area contributed by atoms with E-state index in [1.54, 1.807) is 13.8 Å². The number of nitrogens with one attached hydrogen (secondary N) is 2. The van der Waals surface area contributed by atoms with Crippen LogP contribution in [0.15, 0.2) is 23.1 Å². The molecule has 1 heterocycles. The van der Waals surface area contributed by atoms with Gasteiger partial charge < -0.3 is 0 Å². The second-order valence-corrected chi connectivity index (χ2v) is 5.98. The zero-order chi connectivity index (χ0) is 15.8. The molecule has 2 N–H and O–H groups in total. The van der Waals surface area contributed by atoms with Crippen LogP contribution in [0.2, 0.25) is 0 Å². The van der Waals surface area contributed by atoms with Crippen LogP contribution in [0.4, 0.5) is 15.9 Å². The highest BCUT2D eigenvalue weighted by molar-refractivity contribution is 7.92. The first-order chi connectivity index (χ1) is 9.72. The van der Waals surface area contributed by atoms with Crippen molar-refractivity contribution >= 4 is 21.5 Å². The van der Waals surface area contributed by atoms with E-state index < -0.39 is 31.3 Å². The molecule has 2 aromatic rings. The number of H-pyrrole nitrogens is 1. The van der Waals surface area contributed by atoms with Gasteiger partial charge in [0.2, 0.25) is 5.82 Å². The molecule has 10 heteroatoms. The lowest BCUT2D eigenvalue weighted by Gasteiger charge is -2.06. The Kier molecular flexibility index (Phi) is 3.64. The Morgan fingerprint density at radius 2 is 2.05 bits per heavy atom. The van der Waals surface area contributed by atoms with E-state index in [1.807, 2.05) is 0 Å². The van der Waals surface area contributed by atoms with Crippen molar-refractivity contribution in [3.8, 4) is 0 Å². The number of halogens is 1. The number of nitro benzene ring substituents is 1. The van der Waals surface area contributed by atoms with Crippen molar-refractivity contribution in [2.45, 2.75) is 18.7 Å². The Balaban J connectivity index is 2.38. The zero-order valence-corrected chi connectivity index (χ0v) is 11.9. The average molecular weight is 314 g/mol. The van der Waals surface area contributed by atoms with Gasteiger partial charge in [0.25, 0.3) is 10.0 Å². The molecule has 0 aliphatic rings. The highest BCUT2D eigenvalue weighted by Crippen LogP contribution is 2.23. The smallest absolute Gasteiger partial charge is 0.280 e. The van der Waals surface area contributed by atoms with Crippen LogP contribution in [-0.4, -0.2) is 23.5 Å². The van der Waals surface area contributed by atoms with Crippen LogP contribution in [0.1, 0.15) is 11.3 Å². The van der Waals surface area contributed by atoms with E-state index in [0.717, 1.165) is 12.1 Å². The largest absolute Gasteiger partial charge is 0.304 e. The van der Waals surface area contributed by atoms with E-state index in [4.69, 9.17) is 0 Å². The van der Waals surface area contributed by atoms with Crippen molar-refractivity contribution in [3.05, 3.63) is 45.4 Å². The first kappa shape index (κ1) is 14.9. The molecule has 0 amide bonds. The molecule has 8 nitrogen and oxygen atoms in total. The molecule has 21 heavy (non-hydrogen) atoms. The van der Waals surface area contributed by atoms with Crippen LogP contribution in [0.5, 0.6) is 0 Å². The third-order valence-electron chi connectivity index (χ3n) is 2.91. The molecule has 0 spiro atoms. The summed E-state index contributed by atoms with van der Waals surface area (Å²) in [6.45, 7) is 3.37. The molecule has 0 fully saturated rings. The van der Waals surface area contributed by atoms with Crippen LogP contribution in [0, 0.1) is 29.8 Å². The first-order valence-electron chi connectivity index (χ1n) is 5.70. The summed E-state index contributed by atoms with van der Waals surface area (Å²) in [6.07, 6.45) is 0. The topological polar surface area (TPSA) is 118 Å². The highest BCUT2D eigenvalue weighted by atomic mass is 32.2. The summed E-state index contributed by atoms with van der Waals surface area (Å²) in [5.41, 5.74) is 0.490. The summed E-state index contributed by atoms with van der Waals surface area (Å²) < 4.78 is 39.9. The molecule has 0 atom stereocenters. The number of hydrogen-bond donors (Lipinski definition) is 2. The molecule has 1 aromatic carbocycles. The summed E-state index contributed by atoms with van der Waals surface area (Å²) in [5.74, 6) is -1.14. The number of benzene rings is 1. The van der Waals surface area contributed by atoms with Gasteiger partial charge >= 0.3 is 5.69 Å². The van der Waals surface area contributed by atoms with Crippen molar-refractivity contribution < 1.29 is 17.7 Å². The maximum atomic E-state index is 13.5. The van der Waals surface area contributed by atoms with Gasteiger partial charge in [0.1, 0.15) is 0 Å². The van der Waals surface area contributed by atoms with Crippen LogP contribution < -0.4 is 4.72 Å². The van der Waals surface area contributed by atoms with Gasteiger partial charge in [-0.15, -0.1) is 0 Å². The molecule has 0 radical (unpaired) electrons. The van der Waals surface area contributed by atoms with E-state index >= 15 is 0 Å². The number of aromatic nitrogens is 2. The predicted octanol–water partition coefficient (Wildman–Crippen LogP) is 1.87.